The second kappa shape index (κ2) is 4.59. The van der Waals surface area contributed by atoms with Gasteiger partial charge < -0.3 is 5.32 Å². The van der Waals surface area contributed by atoms with Gasteiger partial charge in [0.2, 0.25) is 0 Å². The molecule has 2 heterocycles. The van der Waals surface area contributed by atoms with Gasteiger partial charge in [-0.25, -0.2) is 4.79 Å². The van der Waals surface area contributed by atoms with Crippen molar-refractivity contribution < 1.29 is 4.79 Å². The molecule has 1 aliphatic carbocycles. The highest BCUT2D eigenvalue weighted by atomic mass is 16.2. The smallest absolute Gasteiger partial charge is 0.307 e. The lowest BCUT2D eigenvalue weighted by molar-refractivity contribution is 0.165. The van der Waals surface area contributed by atoms with Crippen LogP contribution in [0, 0.1) is 0 Å². The van der Waals surface area contributed by atoms with E-state index in [9.17, 15) is 4.79 Å². The molecule has 1 fully saturated rings. The van der Waals surface area contributed by atoms with Crippen molar-refractivity contribution in [3.63, 3.8) is 0 Å². The molecule has 1 unspecified atom stereocenters. The fraction of sp³-hybridized carbons (Fsp3) is 0.316. The summed E-state index contributed by atoms with van der Waals surface area (Å²) in [4.78, 5) is 14.7. The predicted molar refractivity (Wildman–Crippen MR) is 89.4 cm³/mol. The van der Waals surface area contributed by atoms with Crippen LogP contribution in [0.15, 0.2) is 42.5 Å². The Kier molecular flexibility index (Phi) is 2.62. The van der Waals surface area contributed by atoms with Crippen molar-refractivity contribution in [1.82, 2.24) is 10.2 Å². The van der Waals surface area contributed by atoms with E-state index in [4.69, 9.17) is 0 Å². The molecule has 0 bridgehead atoms. The van der Waals surface area contributed by atoms with Crippen LogP contribution in [-0.2, 0) is 18.5 Å². The Labute approximate surface area is 135 Å². The lowest BCUT2D eigenvalue weighted by atomic mass is 9.84. The van der Waals surface area contributed by atoms with Gasteiger partial charge in [-0.2, -0.15) is 0 Å². The van der Waals surface area contributed by atoms with Crippen molar-refractivity contribution in [2.24, 2.45) is 0 Å². The Balaban J connectivity index is 1.83. The quantitative estimate of drug-likeness (QED) is 0.851. The second-order valence-electron chi connectivity index (χ2n) is 6.56. The Morgan fingerprint density at radius 2 is 1.87 bits per heavy atom. The SMILES string of the molecule is O=C1Nc2ccccc2C2(c3cccc4c3CCC4)NCCN12. The molecular formula is C19H19N3O. The molecule has 116 valence electrons. The molecule has 1 saturated heterocycles. The summed E-state index contributed by atoms with van der Waals surface area (Å²) in [6, 6.07) is 14.7. The predicted octanol–water partition coefficient (Wildman–Crippen LogP) is 2.83. The van der Waals surface area contributed by atoms with Crippen molar-refractivity contribution >= 4 is 11.7 Å². The first-order valence-electron chi connectivity index (χ1n) is 8.35. The molecule has 2 aromatic carbocycles. The van der Waals surface area contributed by atoms with E-state index in [2.05, 4.69) is 41.0 Å². The number of amides is 2. The molecule has 3 aliphatic rings. The minimum atomic E-state index is -0.519. The number of carbonyl (C=O) groups excluding carboxylic acids is 1. The highest BCUT2D eigenvalue weighted by Crippen LogP contribution is 2.45. The van der Waals surface area contributed by atoms with Crippen LogP contribution in [0.25, 0.3) is 0 Å². The Morgan fingerprint density at radius 3 is 2.83 bits per heavy atom. The van der Waals surface area contributed by atoms with Crippen LogP contribution < -0.4 is 10.6 Å². The van der Waals surface area contributed by atoms with Crippen molar-refractivity contribution in [1.29, 1.82) is 0 Å². The van der Waals surface area contributed by atoms with Crippen LogP contribution in [0.5, 0.6) is 0 Å². The number of nitrogens with zero attached hydrogens (tertiary/aromatic N) is 1. The van der Waals surface area contributed by atoms with Crippen molar-refractivity contribution in [2.45, 2.75) is 24.9 Å². The number of hydrogen-bond donors (Lipinski definition) is 2. The summed E-state index contributed by atoms with van der Waals surface area (Å²) in [5, 5.41) is 6.71. The molecule has 2 N–H and O–H groups in total. The number of anilines is 1. The number of benzene rings is 2. The summed E-state index contributed by atoms with van der Waals surface area (Å²) >= 11 is 0. The lowest BCUT2D eigenvalue weighted by Crippen LogP contribution is -2.56. The summed E-state index contributed by atoms with van der Waals surface area (Å²) < 4.78 is 0. The van der Waals surface area contributed by atoms with E-state index >= 15 is 0 Å². The second-order valence-corrected chi connectivity index (χ2v) is 6.56. The van der Waals surface area contributed by atoms with Gasteiger partial charge in [0.05, 0.1) is 0 Å². The summed E-state index contributed by atoms with van der Waals surface area (Å²) in [6.45, 7) is 1.54. The number of hydrogen-bond acceptors (Lipinski definition) is 2. The summed E-state index contributed by atoms with van der Waals surface area (Å²) in [5.41, 5.74) is 5.67. The molecule has 2 aromatic rings. The molecule has 23 heavy (non-hydrogen) atoms. The number of para-hydroxylation sites is 1. The average molecular weight is 305 g/mol. The van der Waals surface area contributed by atoms with Crippen LogP contribution in [0.2, 0.25) is 0 Å². The van der Waals surface area contributed by atoms with Gasteiger partial charge >= 0.3 is 6.03 Å². The van der Waals surface area contributed by atoms with Crippen LogP contribution in [0.4, 0.5) is 10.5 Å². The molecule has 5 rings (SSSR count). The molecule has 4 heteroatoms. The topological polar surface area (TPSA) is 44.4 Å². The van der Waals surface area contributed by atoms with E-state index in [1.54, 1.807) is 0 Å². The van der Waals surface area contributed by atoms with Crippen LogP contribution in [-0.4, -0.2) is 24.0 Å². The first-order valence-corrected chi connectivity index (χ1v) is 8.35. The van der Waals surface area contributed by atoms with Crippen molar-refractivity contribution in [2.75, 3.05) is 18.4 Å². The van der Waals surface area contributed by atoms with Gasteiger partial charge in [-0.15, -0.1) is 0 Å². The average Bonchev–Trinajstić information content (AvgIpc) is 3.22. The number of carbonyl (C=O) groups is 1. The van der Waals surface area contributed by atoms with Crippen LogP contribution in [0.1, 0.15) is 28.7 Å². The standard InChI is InChI=1S/C19H19N3O/c23-18-21-17-10-2-1-8-16(17)19(20-11-12-22(18)19)15-9-4-6-13-5-3-7-14(13)15/h1-2,4,6,8-10,20H,3,5,7,11-12H2,(H,21,23). The molecule has 2 amide bonds. The number of fused-ring (bicyclic) bond motifs is 4. The number of aryl methyl sites for hydroxylation is 1. The Hall–Kier alpha value is -2.33. The minimum absolute atomic E-state index is 0.00991. The zero-order valence-corrected chi connectivity index (χ0v) is 12.9. The maximum absolute atomic E-state index is 12.7. The first kappa shape index (κ1) is 13.1. The third-order valence-corrected chi connectivity index (χ3v) is 5.46. The van der Waals surface area contributed by atoms with E-state index in [-0.39, 0.29) is 6.03 Å². The van der Waals surface area contributed by atoms with E-state index in [0.29, 0.717) is 0 Å². The summed E-state index contributed by atoms with van der Waals surface area (Å²) in [5.74, 6) is 0. The minimum Gasteiger partial charge on any atom is -0.307 e. The molecule has 0 saturated carbocycles. The third-order valence-electron chi connectivity index (χ3n) is 5.46. The summed E-state index contributed by atoms with van der Waals surface area (Å²) in [7, 11) is 0. The van der Waals surface area contributed by atoms with Gasteiger partial charge in [-0.3, -0.25) is 10.2 Å². The molecular weight excluding hydrogens is 286 g/mol. The molecule has 0 spiro atoms. The largest absolute Gasteiger partial charge is 0.323 e. The fourth-order valence-corrected chi connectivity index (χ4v) is 4.54. The highest BCUT2D eigenvalue weighted by molar-refractivity contribution is 5.95. The number of nitrogens with one attached hydrogen (secondary N) is 2. The van der Waals surface area contributed by atoms with Gasteiger partial charge in [0, 0.05) is 29.9 Å². The molecule has 0 aromatic heterocycles. The lowest BCUT2D eigenvalue weighted by Gasteiger charge is -2.44. The molecule has 1 atom stereocenters. The molecule has 2 aliphatic heterocycles. The molecule has 4 nitrogen and oxygen atoms in total. The van der Waals surface area contributed by atoms with E-state index in [1.807, 2.05) is 17.0 Å². The zero-order chi connectivity index (χ0) is 15.4. The Bertz CT molecular complexity index is 816. The van der Waals surface area contributed by atoms with Gasteiger partial charge in [0.25, 0.3) is 0 Å². The monoisotopic (exact) mass is 305 g/mol. The maximum atomic E-state index is 12.7. The van der Waals surface area contributed by atoms with Crippen molar-refractivity contribution in [3.8, 4) is 0 Å². The van der Waals surface area contributed by atoms with Gasteiger partial charge in [-0.1, -0.05) is 36.4 Å². The van der Waals surface area contributed by atoms with Crippen LogP contribution in [0.3, 0.4) is 0 Å². The summed E-state index contributed by atoms with van der Waals surface area (Å²) in [6.07, 6.45) is 3.45. The van der Waals surface area contributed by atoms with E-state index < -0.39 is 5.66 Å². The third kappa shape index (κ3) is 1.61. The van der Waals surface area contributed by atoms with Gasteiger partial charge in [0.15, 0.2) is 0 Å². The number of rotatable bonds is 1. The van der Waals surface area contributed by atoms with Crippen molar-refractivity contribution in [3.05, 3.63) is 64.7 Å². The fourth-order valence-electron chi connectivity index (χ4n) is 4.54. The van der Waals surface area contributed by atoms with Crippen LogP contribution >= 0.6 is 0 Å². The maximum Gasteiger partial charge on any atom is 0.323 e. The zero-order valence-electron chi connectivity index (χ0n) is 12.9. The van der Waals surface area contributed by atoms with Gasteiger partial charge in [0.1, 0.15) is 5.66 Å². The Morgan fingerprint density at radius 1 is 1.00 bits per heavy atom. The number of urea groups is 1. The van der Waals surface area contributed by atoms with Gasteiger partial charge in [-0.05, 0) is 36.5 Å². The first-order chi connectivity index (χ1) is 11.3. The molecule has 0 radical (unpaired) electrons. The van der Waals surface area contributed by atoms with E-state index in [1.165, 1.54) is 23.1 Å². The normalized spacial score (nSPS) is 24.9. The highest BCUT2D eigenvalue weighted by Gasteiger charge is 2.51. The van der Waals surface area contributed by atoms with E-state index in [0.717, 1.165) is 37.2 Å².